The second kappa shape index (κ2) is 12.4. The van der Waals surface area contributed by atoms with E-state index in [1.54, 1.807) is 31.3 Å². The maximum Gasteiger partial charge on any atom is 0.331 e. The standard InChI is InChI=1S/C37H60N2O5S/c1-9-27-31-22-25(40)16-19-37(31,7)30-17-20-36(6)28(14-15-29(36)32(30)33(27)41)23(2)18-21-39(8)34(42)38-45(43,44)26-12-10-24(11-13-26)35(3,4)5/h10-13,23,25,27-33,40-41H,9,14-22H2,1-8H3,(H,38,42)/t23-,25-,27-,28-,29+,30+,31+,32+,33-,36-,37-/m1/s1. The number of carbonyl (C=O) groups is 1. The van der Waals surface area contributed by atoms with Gasteiger partial charge in [-0.2, -0.15) is 0 Å². The van der Waals surface area contributed by atoms with Gasteiger partial charge in [0.25, 0.3) is 10.0 Å². The van der Waals surface area contributed by atoms with Crippen LogP contribution in [0.15, 0.2) is 29.2 Å². The Morgan fingerprint density at radius 1 is 1.00 bits per heavy atom. The summed E-state index contributed by atoms with van der Waals surface area (Å²) in [6, 6.07) is 6.14. The van der Waals surface area contributed by atoms with Gasteiger partial charge in [0.05, 0.1) is 17.1 Å². The maximum absolute atomic E-state index is 13.0. The maximum atomic E-state index is 13.0. The zero-order chi connectivity index (χ0) is 33.1. The van der Waals surface area contributed by atoms with Crippen molar-refractivity contribution in [1.29, 1.82) is 0 Å². The van der Waals surface area contributed by atoms with E-state index in [0.717, 1.165) is 56.9 Å². The van der Waals surface area contributed by atoms with Crippen LogP contribution in [0.4, 0.5) is 4.79 Å². The molecule has 254 valence electrons. The number of sulfonamides is 1. The van der Waals surface area contributed by atoms with Gasteiger partial charge < -0.3 is 15.1 Å². The fourth-order valence-electron chi connectivity index (χ4n) is 11.0. The number of fused-ring (bicyclic) bond motifs is 5. The molecule has 0 unspecified atom stereocenters. The normalized spacial score (nSPS) is 38.9. The average Bonchev–Trinajstić information content (AvgIpc) is 3.33. The van der Waals surface area contributed by atoms with Crippen molar-refractivity contribution in [3.05, 3.63) is 29.8 Å². The molecule has 4 aliphatic rings. The summed E-state index contributed by atoms with van der Waals surface area (Å²) in [5.41, 5.74) is 1.29. The molecule has 7 nitrogen and oxygen atoms in total. The number of carbonyl (C=O) groups excluding carboxylic acids is 1. The number of aliphatic hydroxyl groups excluding tert-OH is 2. The zero-order valence-corrected chi connectivity index (χ0v) is 29.9. The van der Waals surface area contributed by atoms with Crippen LogP contribution < -0.4 is 4.72 Å². The minimum atomic E-state index is -3.97. The Kier molecular flexibility index (Phi) is 9.58. The predicted molar refractivity (Wildman–Crippen MR) is 179 cm³/mol. The predicted octanol–water partition coefficient (Wildman–Crippen LogP) is 6.97. The molecule has 4 aliphatic carbocycles. The number of aliphatic hydroxyl groups is 2. The quantitative estimate of drug-likeness (QED) is 0.297. The van der Waals surface area contributed by atoms with Crippen LogP contribution in [0.25, 0.3) is 0 Å². The van der Waals surface area contributed by atoms with E-state index in [4.69, 9.17) is 0 Å². The second-order valence-corrected chi connectivity index (χ2v) is 18.7. The molecule has 3 N–H and O–H groups in total. The van der Waals surface area contributed by atoms with E-state index in [9.17, 15) is 23.4 Å². The van der Waals surface area contributed by atoms with Gasteiger partial charge in [0.2, 0.25) is 0 Å². The first-order valence-electron chi connectivity index (χ1n) is 17.7. The van der Waals surface area contributed by atoms with Gasteiger partial charge in [0, 0.05) is 13.6 Å². The molecule has 8 heteroatoms. The average molecular weight is 645 g/mol. The molecular formula is C37H60N2O5S. The number of nitrogens with zero attached hydrogens (tertiary/aromatic N) is 1. The number of urea groups is 1. The molecule has 4 fully saturated rings. The number of hydrogen-bond acceptors (Lipinski definition) is 5. The third kappa shape index (κ3) is 6.22. The largest absolute Gasteiger partial charge is 0.393 e. The smallest absolute Gasteiger partial charge is 0.331 e. The molecule has 5 rings (SSSR count). The van der Waals surface area contributed by atoms with Crippen LogP contribution >= 0.6 is 0 Å². The molecule has 2 amide bonds. The number of nitrogens with one attached hydrogen (secondary N) is 1. The summed E-state index contributed by atoms with van der Waals surface area (Å²) < 4.78 is 28.2. The second-order valence-electron chi connectivity index (χ2n) is 17.0. The Hall–Kier alpha value is -1.64. The topological polar surface area (TPSA) is 107 Å². The van der Waals surface area contributed by atoms with Crippen LogP contribution in [0.3, 0.4) is 0 Å². The minimum Gasteiger partial charge on any atom is -0.393 e. The number of amides is 2. The molecule has 0 aliphatic heterocycles. The first-order valence-corrected chi connectivity index (χ1v) is 19.2. The molecule has 45 heavy (non-hydrogen) atoms. The molecule has 0 heterocycles. The summed E-state index contributed by atoms with van der Waals surface area (Å²) in [6.07, 6.45) is 8.64. The lowest BCUT2D eigenvalue weighted by Crippen LogP contribution is -2.62. The van der Waals surface area contributed by atoms with Gasteiger partial charge in [-0.05, 0) is 127 Å². The summed E-state index contributed by atoms with van der Waals surface area (Å²) in [7, 11) is -2.29. The van der Waals surface area contributed by atoms with Crippen molar-refractivity contribution in [2.75, 3.05) is 13.6 Å². The molecule has 11 atom stereocenters. The van der Waals surface area contributed by atoms with Gasteiger partial charge in [-0.25, -0.2) is 17.9 Å². The summed E-state index contributed by atoms with van der Waals surface area (Å²) in [4.78, 5) is 14.6. The van der Waals surface area contributed by atoms with E-state index in [2.05, 4.69) is 53.2 Å². The minimum absolute atomic E-state index is 0.0888. The summed E-state index contributed by atoms with van der Waals surface area (Å²) in [5.74, 6) is 2.87. The molecule has 0 radical (unpaired) electrons. The Balaban J connectivity index is 1.22. The van der Waals surface area contributed by atoms with E-state index in [-0.39, 0.29) is 39.3 Å². The van der Waals surface area contributed by atoms with Gasteiger partial charge >= 0.3 is 6.03 Å². The fourth-order valence-corrected chi connectivity index (χ4v) is 12.0. The first-order chi connectivity index (χ1) is 20.9. The van der Waals surface area contributed by atoms with Gasteiger partial charge in [-0.1, -0.05) is 67.0 Å². The highest BCUT2D eigenvalue weighted by Crippen LogP contribution is 2.69. The molecule has 4 saturated carbocycles. The molecule has 0 saturated heterocycles. The van der Waals surface area contributed by atoms with Crippen LogP contribution in [-0.4, -0.2) is 55.4 Å². The van der Waals surface area contributed by atoms with Gasteiger partial charge in [-0.3, -0.25) is 0 Å². The Morgan fingerprint density at radius 2 is 1.62 bits per heavy atom. The molecule has 1 aromatic rings. The van der Waals surface area contributed by atoms with Gasteiger partial charge in [0.15, 0.2) is 0 Å². The van der Waals surface area contributed by atoms with Gasteiger partial charge in [0.1, 0.15) is 0 Å². The SMILES string of the molecule is CC[C@H]1[C@@H](O)[C@@H]2[C@H](CC[C@]3(C)[C@@H]([C@H](C)CCN(C)C(=O)NS(=O)(=O)c4ccc(C(C)(C)C)cc4)CC[C@@H]23)[C@@]2(C)CC[C@@H](O)C[C@@H]12. The lowest BCUT2D eigenvalue weighted by molar-refractivity contribution is -0.203. The highest BCUT2D eigenvalue weighted by Gasteiger charge is 2.64. The van der Waals surface area contributed by atoms with E-state index >= 15 is 0 Å². The van der Waals surface area contributed by atoms with Gasteiger partial charge in [-0.15, -0.1) is 0 Å². The van der Waals surface area contributed by atoms with Crippen molar-refractivity contribution >= 4 is 16.1 Å². The van der Waals surface area contributed by atoms with Crippen molar-refractivity contribution in [3.63, 3.8) is 0 Å². The van der Waals surface area contributed by atoms with Crippen LogP contribution in [-0.2, 0) is 15.4 Å². The molecule has 1 aromatic carbocycles. The lowest BCUT2D eigenvalue weighted by Gasteiger charge is -2.64. The van der Waals surface area contributed by atoms with Crippen LogP contribution in [0.5, 0.6) is 0 Å². The van der Waals surface area contributed by atoms with E-state index in [1.807, 2.05) is 0 Å². The Bertz CT molecular complexity index is 1330. The highest BCUT2D eigenvalue weighted by molar-refractivity contribution is 7.90. The van der Waals surface area contributed by atoms with Crippen molar-refractivity contribution in [3.8, 4) is 0 Å². The van der Waals surface area contributed by atoms with Crippen LogP contribution in [0.1, 0.15) is 112 Å². The fraction of sp³-hybridized carbons (Fsp3) is 0.811. The molecule has 0 bridgehead atoms. The van der Waals surface area contributed by atoms with Crippen molar-refractivity contribution in [2.45, 2.75) is 129 Å². The van der Waals surface area contributed by atoms with E-state index in [1.165, 1.54) is 11.3 Å². The summed E-state index contributed by atoms with van der Waals surface area (Å²) in [6.45, 7) is 16.2. The Labute approximate surface area is 273 Å². The third-order valence-corrected chi connectivity index (χ3v) is 15.0. The number of rotatable bonds is 7. The zero-order valence-electron chi connectivity index (χ0n) is 29.1. The lowest BCUT2D eigenvalue weighted by atomic mass is 9.41. The van der Waals surface area contributed by atoms with Crippen molar-refractivity contribution < 1.29 is 23.4 Å². The van der Waals surface area contributed by atoms with Crippen LogP contribution in [0, 0.1) is 52.3 Å². The van der Waals surface area contributed by atoms with Crippen molar-refractivity contribution in [1.82, 2.24) is 9.62 Å². The number of hydrogen-bond donors (Lipinski definition) is 3. The van der Waals surface area contributed by atoms with E-state index < -0.39 is 16.1 Å². The summed E-state index contributed by atoms with van der Waals surface area (Å²) in [5, 5.41) is 22.5. The van der Waals surface area contributed by atoms with Crippen LogP contribution in [0.2, 0.25) is 0 Å². The monoisotopic (exact) mass is 644 g/mol. The molecule has 0 spiro atoms. The summed E-state index contributed by atoms with van der Waals surface area (Å²) >= 11 is 0. The van der Waals surface area contributed by atoms with Crippen molar-refractivity contribution in [2.24, 2.45) is 52.3 Å². The first kappa shape index (κ1) is 34.7. The Morgan fingerprint density at radius 3 is 2.24 bits per heavy atom. The highest BCUT2D eigenvalue weighted by atomic mass is 32.2. The molecule has 0 aromatic heterocycles. The third-order valence-electron chi connectivity index (χ3n) is 13.7. The number of benzene rings is 1. The van der Waals surface area contributed by atoms with E-state index in [0.29, 0.717) is 42.1 Å². The molecular weight excluding hydrogens is 584 g/mol.